The zero-order chi connectivity index (χ0) is 17.3. The van der Waals surface area contributed by atoms with Crippen molar-refractivity contribution >= 4 is 28.6 Å². The molecule has 0 aromatic rings. The highest BCUT2D eigenvalue weighted by molar-refractivity contribution is 14.1. The van der Waals surface area contributed by atoms with Gasteiger partial charge in [-0.15, -0.1) is 0 Å². The molecule has 0 radical (unpaired) electrons. The lowest BCUT2D eigenvalue weighted by Crippen LogP contribution is -2.28. The van der Waals surface area contributed by atoms with E-state index < -0.39 is 5.60 Å². The van der Waals surface area contributed by atoms with Gasteiger partial charge in [0.25, 0.3) is 0 Å². The Hall–Kier alpha value is -0.0600. The van der Waals surface area contributed by atoms with E-state index in [1.807, 2.05) is 20.8 Å². The Bertz CT molecular complexity index is 370. The van der Waals surface area contributed by atoms with E-state index in [-0.39, 0.29) is 11.9 Å². The maximum Gasteiger partial charge on any atom is 0.313 e. The molecule has 1 saturated carbocycles. The number of carbonyl (C=O) groups is 1. The van der Waals surface area contributed by atoms with E-state index >= 15 is 0 Å². The van der Waals surface area contributed by atoms with Crippen molar-refractivity contribution in [1.29, 1.82) is 0 Å². The molecule has 0 aliphatic heterocycles. The normalized spacial score (nSPS) is 23.3. The number of hydrogen-bond donors (Lipinski definition) is 0. The van der Waals surface area contributed by atoms with Gasteiger partial charge in [-0.1, -0.05) is 60.9 Å². The number of hydrogen-bond acceptors (Lipinski definition) is 2. The molecule has 1 rings (SSSR count). The Balaban J connectivity index is 2.65. The number of rotatable bonds is 9. The van der Waals surface area contributed by atoms with Crippen LogP contribution in [0.3, 0.4) is 0 Å². The fourth-order valence-electron chi connectivity index (χ4n) is 3.39. The van der Waals surface area contributed by atoms with Crippen LogP contribution >= 0.6 is 22.6 Å². The van der Waals surface area contributed by atoms with Crippen molar-refractivity contribution in [3.8, 4) is 0 Å². The van der Waals surface area contributed by atoms with Gasteiger partial charge in [0.1, 0.15) is 5.60 Å². The molecular weight excluding hydrogens is 399 g/mol. The summed E-state index contributed by atoms with van der Waals surface area (Å²) >= 11 is 2.47. The molecule has 1 aliphatic rings. The van der Waals surface area contributed by atoms with Crippen LogP contribution in [0.15, 0.2) is 12.2 Å². The minimum Gasteiger partial charge on any atom is -0.460 e. The summed E-state index contributed by atoms with van der Waals surface area (Å²) in [6.07, 6.45) is 14.3. The third kappa shape index (κ3) is 8.55. The topological polar surface area (TPSA) is 26.3 Å². The SMILES string of the molecule is CCCCC(/C=C/C1CCCC1CCCI)C(=O)OC(C)(C)C. The Kier molecular flexibility index (Phi) is 9.79. The number of alkyl halides is 1. The molecule has 0 bridgehead atoms. The Morgan fingerprint density at radius 3 is 2.65 bits per heavy atom. The van der Waals surface area contributed by atoms with Crippen molar-refractivity contribution in [3.05, 3.63) is 12.2 Å². The average molecular weight is 434 g/mol. The predicted octanol–water partition coefficient (Wildman–Crippen LogP) is 6.32. The molecular formula is C20H35IO2. The fourth-order valence-corrected chi connectivity index (χ4v) is 3.83. The number of halogens is 1. The second kappa shape index (κ2) is 10.7. The number of allylic oxidation sites excluding steroid dienone is 1. The van der Waals surface area contributed by atoms with Crippen molar-refractivity contribution in [1.82, 2.24) is 0 Å². The van der Waals surface area contributed by atoms with Gasteiger partial charge >= 0.3 is 5.97 Å². The Morgan fingerprint density at radius 1 is 1.30 bits per heavy atom. The van der Waals surface area contributed by atoms with Crippen molar-refractivity contribution in [2.75, 3.05) is 4.43 Å². The summed E-state index contributed by atoms with van der Waals surface area (Å²) < 4.78 is 6.86. The van der Waals surface area contributed by atoms with Crippen molar-refractivity contribution in [2.24, 2.45) is 17.8 Å². The first-order chi connectivity index (χ1) is 10.9. The minimum absolute atomic E-state index is 0.0518. The Morgan fingerprint density at radius 2 is 2.04 bits per heavy atom. The highest BCUT2D eigenvalue weighted by Crippen LogP contribution is 2.36. The first-order valence-corrected chi connectivity index (χ1v) is 10.9. The summed E-state index contributed by atoms with van der Waals surface area (Å²) in [4.78, 5) is 12.4. The molecule has 2 nitrogen and oxygen atoms in total. The molecule has 0 N–H and O–H groups in total. The molecule has 1 fully saturated rings. The van der Waals surface area contributed by atoms with Gasteiger partial charge in [-0.25, -0.2) is 0 Å². The molecule has 3 heteroatoms. The maximum absolute atomic E-state index is 12.4. The van der Waals surface area contributed by atoms with Gasteiger partial charge in [-0.3, -0.25) is 4.79 Å². The highest BCUT2D eigenvalue weighted by Gasteiger charge is 2.26. The average Bonchev–Trinajstić information content (AvgIpc) is 2.90. The van der Waals surface area contributed by atoms with Gasteiger partial charge < -0.3 is 4.74 Å². The quantitative estimate of drug-likeness (QED) is 0.184. The summed E-state index contributed by atoms with van der Waals surface area (Å²) in [6.45, 7) is 8.01. The second-order valence-electron chi connectivity index (χ2n) is 7.85. The molecule has 1 aliphatic carbocycles. The van der Waals surface area contributed by atoms with Crippen LogP contribution < -0.4 is 0 Å². The molecule has 0 saturated heterocycles. The van der Waals surface area contributed by atoms with Crippen LogP contribution in [0.5, 0.6) is 0 Å². The van der Waals surface area contributed by atoms with Gasteiger partial charge in [0.2, 0.25) is 0 Å². The van der Waals surface area contributed by atoms with Gasteiger partial charge in [-0.05, 0) is 69.1 Å². The molecule has 0 heterocycles. The number of unbranched alkanes of at least 4 members (excludes halogenated alkanes) is 1. The lowest BCUT2D eigenvalue weighted by molar-refractivity contribution is -0.158. The molecule has 0 aromatic heterocycles. The number of carbonyl (C=O) groups excluding carboxylic acids is 1. The molecule has 134 valence electrons. The fraction of sp³-hybridized carbons (Fsp3) is 0.850. The van der Waals surface area contributed by atoms with Crippen LogP contribution in [0.4, 0.5) is 0 Å². The second-order valence-corrected chi connectivity index (χ2v) is 8.93. The summed E-state index contributed by atoms with van der Waals surface area (Å²) in [7, 11) is 0. The van der Waals surface area contributed by atoms with E-state index in [1.165, 1.54) is 36.5 Å². The number of esters is 1. The van der Waals surface area contributed by atoms with E-state index in [9.17, 15) is 4.79 Å². The minimum atomic E-state index is -0.397. The third-order valence-corrected chi connectivity index (χ3v) is 5.36. The van der Waals surface area contributed by atoms with Crippen LogP contribution in [-0.2, 0) is 9.53 Å². The largest absolute Gasteiger partial charge is 0.460 e. The van der Waals surface area contributed by atoms with E-state index in [1.54, 1.807) is 0 Å². The zero-order valence-electron chi connectivity index (χ0n) is 15.4. The molecule has 3 unspecified atom stereocenters. The van der Waals surface area contributed by atoms with Crippen molar-refractivity contribution < 1.29 is 9.53 Å². The molecule has 23 heavy (non-hydrogen) atoms. The maximum atomic E-state index is 12.4. The van der Waals surface area contributed by atoms with Gasteiger partial charge in [0, 0.05) is 0 Å². The zero-order valence-corrected chi connectivity index (χ0v) is 17.6. The van der Waals surface area contributed by atoms with Gasteiger partial charge in [0.05, 0.1) is 5.92 Å². The van der Waals surface area contributed by atoms with Crippen molar-refractivity contribution in [3.63, 3.8) is 0 Å². The summed E-state index contributed by atoms with van der Waals surface area (Å²) in [5.74, 6) is 1.38. The highest BCUT2D eigenvalue weighted by atomic mass is 127. The van der Waals surface area contributed by atoms with E-state index in [0.717, 1.165) is 25.2 Å². The lowest BCUT2D eigenvalue weighted by atomic mass is 9.90. The van der Waals surface area contributed by atoms with E-state index in [4.69, 9.17) is 4.74 Å². The summed E-state index contributed by atoms with van der Waals surface area (Å²) in [5, 5.41) is 0. The molecule has 0 aromatic carbocycles. The molecule has 0 spiro atoms. The Labute approximate surface area is 157 Å². The predicted molar refractivity (Wildman–Crippen MR) is 107 cm³/mol. The monoisotopic (exact) mass is 434 g/mol. The first kappa shape index (κ1) is 21.0. The van der Waals surface area contributed by atoms with Gasteiger partial charge in [-0.2, -0.15) is 0 Å². The number of ether oxygens (including phenoxy) is 1. The summed E-state index contributed by atoms with van der Waals surface area (Å²) in [5.41, 5.74) is -0.397. The van der Waals surface area contributed by atoms with Crippen LogP contribution in [0.1, 0.15) is 79.1 Å². The molecule has 3 atom stereocenters. The lowest BCUT2D eigenvalue weighted by Gasteiger charge is -2.23. The van der Waals surface area contributed by atoms with Gasteiger partial charge in [0.15, 0.2) is 0 Å². The standard InChI is InChI=1S/C20H35IO2/c1-5-6-9-18(19(22)23-20(2,3)4)14-13-17-11-7-10-16(17)12-8-15-21/h13-14,16-18H,5-12,15H2,1-4H3/b14-13+. The van der Waals surface area contributed by atoms with Crippen LogP contribution in [0, 0.1) is 17.8 Å². The van der Waals surface area contributed by atoms with E-state index in [2.05, 4.69) is 41.7 Å². The van der Waals surface area contributed by atoms with Crippen LogP contribution in [0.25, 0.3) is 0 Å². The first-order valence-electron chi connectivity index (χ1n) is 9.34. The smallest absolute Gasteiger partial charge is 0.313 e. The molecule has 0 amide bonds. The van der Waals surface area contributed by atoms with Crippen molar-refractivity contribution in [2.45, 2.75) is 84.7 Å². The van der Waals surface area contributed by atoms with Crippen LogP contribution in [-0.4, -0.2) is 16.0 Å². The van der Waals surface area contributed by atoms with E-state index in [0.29, 0.717) is 5.92 Å². The van der Waals surface area contributed by atoms with Crippen LogP contribution in [0.2, 0.25) is 0 Å². The third-order valence-electron chi connectivity index (χ3n) is 4.60. The summed E-state index contributed by atoms with van der Waals surface area (Å²) in [6, 6.07) is 0.